The molecule has 3 aromatic rings. The van der Waals surface area contributed by atoms with E-state index >= 15 is 0 Å². The average molecular weight is 374 g/mol. The lowest BCUT2D eigenvalue weighted by Crippen LogP contribution is -2.53. The van der Waals surface area contributed by atoms with Gasteiger partial charge in [0.1, 0.15) is 11.4 Å². The first-order chi connectivity index (χ1) is 12.1. The van der Waals surface area contributed by atoms with E-state index in [1.807, 2.05) is 34.7 Å². The summed E-state index contributed by atoms with van der Waals surface area (Å²) in [5, 5.41) is 7.83. The van der Waals surface area contributed by atoms with Crippen LogP contribution in [0.4, 0.5) is 0 Å². The van der Waals surface area contributed by atoms with Gasteiger partial charge in [-0.25, -0.2) is 4.98 Å². The molecule has 0 radical (unpaired) electrons. The summed E-state index contributed by atoms with van der Waals surface area (Å²) in [5.41, 5.74) is 0.760. The SMILES string of the molecule is C[C@H]1CNCCN1C(=O)Cn1cnc2scc(-c3cccs3)c2c1=O. The molecule has 0 unspecified atom stereocenters. The van der Waals surface area contributed by atoms with Gasteiger partial charge < -0.3 is 10.2 Å². The highest BCUT2D eigenvalue weighted by atomic mass is 32.1. The van der Waals surface area contributed by atoms with Gasteiger partial charge in [-0.05, 0) is 18.4 Å². The van der Waals surface area contributed by atoms with E-state index < -0.39 is 0 Å². The van der Waals surface area contributed by atoms with Crippen LogP contribution in [0.15, 0.2) is 34.0 Å². The molecule has 6 nitrogen and oxygen atoms in total. The van der Waals surface area contributed by atoms with Crippen LogP contribution in [-0.4, -0.2) is 46.0 Å². The summed E-state index contributed by atoms with van der Waals surface area (Å²) in [6.45, 7) is 4.29. The van der Waals surface area contributed by atoms with Crippen LogP contribution < -0.4 is 10.9 Å². The van der Waals surface area contributed by atoms with E-state index in [1.54, 1.807) is 11.3 Å². The van der Waals surface area contributed by atoms with Crippen LogP contribution in [0, 0.1) is 0 Å². The minimum atomic E-state index is -0.147. The van der Waals surface area contributed by atoms with Gasteiger partial charge in [0.25, 0.3) is 5.56 Å². The predicted molar refractivity (Wildman–Crippen MR) is 101 cm³/mol. The third-order valence-electron chi connectivity index (χ3n) is 4.47. The van der Waals surface area contributed by atoms with Gasteiger partial charge in [-0.1, -0.05) is 6.07 Å². The molecule has 1 aliphatic rings. The van der Waals surface area contributed by atoms with Crippen LogP contribution in [0.5, 0.6) is 0 Å². The Morgan fingerprint density at radius 2 is 2.32 bits per heavy atom. The van der Waals surface area contributed by atoms with Crippen molar-refractivity contribution in [1.82, 2.24) is 19.8 Å². The van der Waals surface area contributed by atoms with Crippen LogP contribution in [0.1, 0.15) is 6.92 Å². The molecule has 130 valence electrons. The van der Waals surface area contributed by atoms with Crippen LogP contribution >= 0.6 is 22.7 Å². The first kappa shape index (κ1) is 16.4. The smallest absolute Gasteiger partial charge is 0.263 e. The lowest BCUT2D eigenvalue weighted by Gasteiger charge is -2.34. The molecule has 1 saturated heterocycles. The van der Waals surface area contributed by atoms with Gasteiger partial charge in [0.15, 0.2) is 0 Å². The maximum Gasteiger partial charge on any atom is 0.263 e. The van der Waals surface area contributed by atoms with Gasteiger partial charge in [0.05, 0.1) is 11.7 Å². The number of carbonyl (C=O) groups is 1. The fraction of sp³-hybridized carbons (Fsp3) is 0.353. The monoisotopic (exact) mass is 374 g/mol. The molecule has 0 saturated carbocycles. The fourth-order valence-corrected chi connectivity index (χ4v) is 4.86. The van der Waals surface area contributed by atoms with Gasteiger partial charge in [-0.3, -0.25) is 14.2 Å². The topological polar surface area (TPSA) is 67.2 Å². The molecule has 1 N–H and O–H groups in total. The number of thiophene rings is 2. The van der Waals surface area contributed by atoms with Gasteiger partial charge in [0.2, 0.25) is 5.91 Å². The minimum Gasteiger partial charge on any atom is -0.336 e. The van der Waals surface area contributed by atoms with Crippen molar-refractivity contribution >= 4 is 38.8 Å². The summed E-state index contributed by atoms with van der Waals surface area (Å²) < 4.78 is 1.43. The summed E-state index contributed by atoms with van der Waals surface area (Å²) in [4.78, 5) is 33.6. The Hall–Kier alpha value is -2.03. The number of fused-ring (bicyclic) bond motifs is 1. The number of amides is 1. The second-order valence-corrected chi connectivity index (χ2v) is 7.93. The number of hydrogen-bond donors (Lipinski definition) is 1. The number of piperazine rings is 1. The highest BCUT2D eigenvalue weighted by Crippen LogP contribution is 2.33. The molecule has 8 heteroatoms. The van der Waals surface area contributed by atoms with Crippen LogP contribution in [0.25, 0.3) is 20.7 Å². The van der Waals surface area contributed by atoms with E-state index in [1.165, 1.54) is 22.2 Å². The zero-order valence-corrected chi connectivity index (χ0v) is 15.4. The predicted octanol–water partition coefficient (Wildman–Crippen LogP) is 2.01. The molecule has 1 atom stereocenters. The zero-order chi connectivity index (χ0) is 17.4. The Labute approximate surface area is 152 Å². The normalized spacial score (nSPS) is 18.0. The quantitative estimate of drug-likeness (QED) is 0.762. The minimum absolute atomic E-state index is 0.0336. The Kier molecular flexibility index (Phi) is 4.41. The van der Waals surface area contributed by atoms with E-state index in [9.17, 15) is 9.59 Å². The molecule has 1 fully saturated rings. The van der Waals surface area contributed by atoms with E-state index in [4.69, 9.17) is 0 Å². The zero-order valence-electron chi connectivity index (χ0n) is 13.8. The largest absolute Gasteiger partial charge is 0.336 e. The highest BCUT2D eigenvalue weighted by Gasteiger charge is 2.24. The standard InChI is InChI=1S/C17H18N4O2S2/c1-11-7-18-4-5-21(11)14(22)8-20-10-19-16-15(17(20)23)12(9-25-16)13-3-2-6-24-13/h2-3,6,9-11,18H,4-5,7-8H2,1H3/t11-/m0/s1. The first-order valence-electron chi connectivity index (χ1n) is 8.16. The van der Waals surface area contributed by atoms with Crippen molar-refractivity contribution in [2.45, 2.75) is 19.5 Å². The average Bonchev–Trinajstić information content (AvgIpc) is 3.27. The summed E-state index contributed by atoms with van der Waals surface area (Å²) in [6, 6.07) is 4.10. The van der Waals surface area contributed by atoms with Crippen LogP contribution in [-0.2, 0) is 11.3 Å². The van der Waals surface area contributed by atoms with E-state index in [0.29, 0.717) is 16.8 Å². The Bertz CT molecular complexity index is 961. The summed E-state index contributed by atoms with van der Waals surface area (Å²) in [5.74, 6) is -0.0369. The highest BCUT2D eigenvalue weighted by molar-refractivity contribution is 7.18. The van der Waals surface area contributed by atoms with E-state index in [-0.39, 0.29) is 24.1 Å². The number of carbonyl (C=O) groups excluding carboxylic acids is 1. The van der Waals surface area contributed by atoms with Crippen molar-refractivity contribution < 1.29 is 4.79 Å². The van der Waals surface area contributed by atoms with Gasteiger partial charge >= 0.3 is 0 Å². The third kappa shape index (κ3) is 3.01. The second kappa shape index (κ2) is 6.70. The van der Waals surface area contributed by atoms with Crippen LogP contribution in [0.3, 0.4) is 0 Å². The number of rotatable bonds is 3. The summed E-state index contributed by atoms with van der Waals surface area (Å²) in [6.07, 6.45) is 1.49. The van der Waals surface area contributed by atoms with Crippen molar-refractivity contribution in [3.63, 3.8) is 0 Å². The van der Waals surface area contributed by atoms with Crippen molar-refractivity contribution in [2.75, 3.05) is 19.6 Å². The molecule has 0 bridgehead atoms. The number of hydrogen-bond acceptors (Lipinski definition) is 6. The molecule has 0 spiro atoms. The maximum absolute atomic E-state index is 13.0. The Balaban J connectivity index is 1.69. The molecule has 4 rings (SSSR count). The van der Waals surface area contributed by atoms with Crippen LogP contribution in [0.2, 0.25) is 0 Å². The molecule has 0 aliphatic carbocycles. The number of nitrogens with zero attached hydrogens (tertiary/aromatic N) is 3. The van der Waals surface area contributed by atoms with Crippen molar-refractivity contribution in [1.29, 1.82) is 0 Å². The van der Waals surface area contributed by atoms with E-state index in [0.717, 1.165) is 23.5 Å². The summed E-state index contributed by atoms with van der Waals surface area (Å²) in [7, 11) is 0. The Morgan fingerprint density at radius 1 is 1.44 bits per heavy atom. The molecule has 4 heterocycles. The molecule has 25 heavy (non-hydrogen) atoms. The summed E-state index contributed by atoms with van der Waals surface area (Å²) >= 11 is 3.06. The number of nitrogens with one attached hydrogen (secondary N) is 1. The molecule has 0 aromatic carbocycles. The van der Waals surface area contributed by atoms with Gasteiger partial charge in [0, 0.05) is 41.5 Å². The fourth-order valence-electron chi connectivity index (χ4n) is 3.14. The van der Waals surface area contributed by atoms with Crippen molar-refractivity contribution in [2.24, 2.45) is 0 Å². The molecule has 1 aliphatic heterocycles. The lowest BCUT2D eigenvalue weighted by molar-refractivity contribution is -0.134. The van der Waals surface area contributed by atoms with E-state index in [2.05, 4.69) is 10.3 Å². The van der Waals surface area contributed by atoms with Crippen molar-refractivity contribution in [3.05, 3.63) is 39.6 Å². The lowest BCUT2D eigenvalue weighted by atomic mass is 10.2. The molecular weight excluding hydrogens is 356 g/mol. The molecular formula is C17H18N4O2S2. The first-order valence-corrected chi connectivity index (χ1v) is 9.92. The molecule has 1 amide bonds. The number of aromatic nitrogens is 2. The van der Waals surface area contributed by atoms with Gasteiger partial charge in [-0.15, -0.1) is 22.7 Å². The Morgan fingerprint density at radius 3 is 3.08 bits per heavy atom. The second-order valence-electron chi connectivity index (χ2n) is 6.12. The third-order valence-corrected chi connectivity index (χ3v) is 6.26. The van der Waals surface area contributed by atoms with Gasteiger partial charge in [-0.2, -0.15) is 0 Å². The maximum atomic E-state index is 13.0. The van der Waals surface area contributed by atoms with Crippen molar-refractivity contribution in [3.8, 4) is 10.4 Å². The molecule has 3 aromatic heterocycles.